The molecule has 0 aliphatic carbocycles. The molecule has 0 atom stereocenters. The number of amides is 1. The van der Waals surface area contributed by atoms with Crippen LogP contribution < -0.4 is 14.7 Å². The highest BCUT2D eigenvalue weighted by Gasteiger charge is 2.33. The molecule has 2 rings (SSSR count). The van der Waals surface area contributed by atoms with Gasteiger partial charge in [-0.25, -0.2) is 0 Å². The molecule has 1 aliphatic rings. The SMILES string of the molecule is CN1C(=N)N(c2nc(N(C)C)nc(N(C)C)n2)CC1=O. The van der Waals surface area contributed by atoms with Gasteiger partial charge in [-0.15, -0.1) is 0 Å². The summed E-state index contributed by atoms with van der Waals surface area (Å²) in [6.07, 6.45) is 0. The summed E-state index contributed by atoms with van der Waals surface area (Å²) >= 11 is 0. The average Bonchev–Trinajstić information content (AvgIpc) is 2.66. The molecule has 1 aliphatic heterocycles. The number of nitrogens with one attached hydrogen (secondary N) is 1. The Hall–Kier alpha value is -2.45. The maximum atomic E-state index is 11.7. The molecular weight excluding hydrogens is 260 g/mol. The molecule has 1 aromatic heterocycles. The fourth-order valence-corrected chi connectivity index (χ4v) is 1.64. The first-order chi connectivity index (χ1) is 9.31. The van der Waals surface area contributed by atoms with Crippen molar-refractivity contribution in [1.29, 1.82) is 5.41 Å². The molecule has 1 N–H and O–H groups in total. The van der Waals surface area contributed by atoms with Gasteiger partial charge in [-0.2, -0.15) is 15.0 Å². The van der Waals surface area contributed by atoms with Crippen molar-refractivity contribution in [1.82, 2.24) is 19.9 Å². The lowest BCUT2D eigenvalue weighted by Gasteiger charge is -2.20. The number of nitrogens with zero attached hydrogens (tertiary/aromatic N) is 7. The highest BCUT2D eigenvalue weighted by molar-refractivity contribution is 6.12. The maximum Gasteiger partial charge on any atom is 0.249 e. The van der Waals surface area contributed by atoms with Gasteiger partial charge < -0.3 is 9.80 Å². The van der Waals surface area contributed by atoms with E-state index in [-0.39, 0.29) is 18.4 Å². The summed E-state index contributed by atoms with van der Waals surface area (Å²) in [6.45, 7) is 0.0685. The summed E-state index contributed by atoms with van der Waals surface area (Å²) in [6, 6.07) is 0. The Morgan fingerprint density at radius 1 is 1.05 bits per heavy atom. The molecule has 108 valence electrons. The molecule has 0 aromatic carbocycles. The molecule has 20 heavy (non-hydrogen) atoms. The fourth-order valence-electron chi connectivity index (χ4n) is 1.64. The first-order valence-corrected chi connectivity index (χ1v) is 6.04. The van der Waals surface area contributed by atoms with Crippen molar-refractivity contribution in [2.45, 2.75) is 0 Å². The van der Waals surface area contributed by atoms with Crippen LogP contribution in [0, 0.1) is 5.41 Å². The van der Waals surface area contributed by atoms with Crippen LogP contribution in [-0.2, 0) is 4.79 Å². The Morgan fingerprint density at radius 2 is 1.55 bits per heavy atom. The molecule has 2 heterocycles. The van der Waals surface area contributed by atoms with Crippen LogP contribution in [0.1, 0.15) is 0 Å². The zero-order valence-corrected chi connectivity index (χ0v) is 12.2. The lowest BCUT2D eigenvalue weighted by atomic mass is 10.6. The molecule has 1 fully saturated rings. The average molecular weight is 278 g/mol. The third kappa shape index (κ3) is 2.33. The van der Waals surface area contributed by atoms with E-state index < -0.39 is 0 Å². The molecule has 1 aromatic rings. The Kier molecular flexibility index (Phi) is 3.43. The third-order valence-corrected chi connectivity index (χ3v) is 2.88. The second-order valence-corrected chi connectivity index (χ2v) is 4.89. The number of anilines is 3. The molecular formula is C11H18N8O. The van der Waals surface area contributed by atoms with Crippen LogP contribution in [0.2, 0.25) is 0 Å². The summed E-state index contributed by atoms with van der Waals surface area (Å²) < 4.78 is 0. The first-order valence-electron chi connectivity index (χ1n) is 6.04. The van der Waals surface area contributed by atoms with Crippen LogP contribution in [0.25, 0.3) is 0 Å². The Labute approximate surface area is 117 Å². The minimum atomic E-state index is -0.159. The van der Waals surface area contributed by atoms with E-state index in [2.05, 4.69) is 15.0 Å². The third-order valence-electron chi connectivity index (χ3n) is 2.88. The van der Waals surface area contributed by atoms with Gasteiger partial charge in [0, 0.05) is 35.2 Å². The number of rotatable bonds is 3. The van der Waals surface area contributed by atoms with Crippen molar-refractivity contribution in [3.63, 3.8) is 0 Å². The first kappa shape index (κ1) is 14.0. The number of guanidine groups is 1. The summed E-state index contributed by atoms with van der Waals surface area (Å²) in [5.41, 5.74) is 0. The maximum absolute atomic E-state index is 11.7. The Bertz CT molecular complexity index is 529. The molecule has 0 bridgehead atoms. The van der Waals surface area contributed by atoms with E-state index in [0.717, 1.165) is 0 Å². The largest absolute Gasteiger partial charge is 0.347 e. The number of hydrogen-bond donors (Lipinski definition) is 1. The molecule has 0 unspecified atom stereocenters. The van der Waals surface area contributed by atoms with Crippen molar-refractivity contribution in [2.24, 2.45) is 0 Å². The van der Waals surface area contributed by atoms with Crippen LogP contribution >= 0.6 is 0 Å². The van der Waals surface area contributed by atoms with Gasteiger partial charge >= 0.3 is 0 Å². The number of aromatic nitrogens is 3. The summed E-state index contributed by atoms with van der Waals surface area (Å²) in [5, 5.41) is 7.94. The molecule has 0 radical (unpaired) electrons. The van der Waals surface area contributed by atoms with Crippen molar-refractivity contribution in [3.05, 3.63) is 0 Å². The molecule has 0 saturated carbocycles. The van der Waals surface area contributed by atoms with E-state index in [1.165, 1.54) is 9.80 Å². The molecule has 9 heteroatoms. The second kappa shape index (κ2) is 4.91. The minimum absolute atomic E-state index is 0.0654. The van der Waals surface area contributed by atoms with E-state index in [1.807, 2.05) is 28.2 Å². The number of hydrogen-bond acceptors (Lipinski definition) is 7. The smallest absolute Gasteiger partial charge is 0.249 e. The van der Waals surface area contributed by atoms with Crippen molar-refractivity contribution in [3.8, 4) is 0 Å². The minimum Gasteiger partial charge on any atom is -0.347 e. The highest BCUT2D eigenvalue weighted by Crippen LogP contribution is 2.20. The van der Waals surface area contributed by atoms with Gasteiger partial charge in [-0.1, -0.05) is 0 Å². The normalized spacial score (nSPS) is 15.1. The van der Waals surface area contributed by atoms with Crippen LogP contribution in [0.4, 0.5) is 17.8 Å². The lowest BCUT2D eigenvalue weighted by molar-refractivity contribution is -0.123. The second-order valence-electron chi connectivity index (χ2n) is 4.89. The predicted octanol–water partition coefficient (Wildman–Crippen LogP) is -0.783. The van der Waals surface area contributed by atoms with Gasteiger partial charge in [0.05, 0.1) is 0 Å². The molecule has 0 spiro atoms. The van der Waals surface area contributed by atoms with Gasteiger partial charge in [0.1, 0.15) is 6.54 Å². The zero-order valence-electron chi connectivity index (χ0n) is 12.2. The van der Waals surface area contributed by atoms with Gasteiger partial charge in [-0.3, -0.25) is 20.0 Å². The van der Waals surface area contributed by atoms with Crippen molar-refractivity contribution >= 4 is 29.7 Å². The number of likely N-dealkylation sites (N-methyl/N-ethyl adjacent to an activating group) is 1. The quantitative estimate of drug-likeness (QED) is 0.775. The van der Waals surface area contributed by atoms with E-state index in [1.54, 1.807) is 16.8 Å². The number of carbonyl (C=O) groups is 1. The standard InChI is InChI=1S/C11H18N8O/c1-16(2)9-13-10(17(3)4)15-11(14-9)19-6-7(20)18(5)8(19)12/h12H,6H2,1-5H3. The van der Waals surface area contributed by atoms with Crippen LogP contribution in [-0.4, -0.2) is 73.5 Å². The Morgan fingerprint density at radius 3 is 1.90 bits per heavy atom. The van der Waals surface area contributed by atoms with Crippen LogP contribution in [0.15, 0.2) is 0 Å². The van der Waals surface area contributed by atoms with Crippen LogP contribution in [0.5, 0.6) is 0 Å². The Balaban J connectivity index is 2.46. The molecule has 1 amide bonds. The molecule has 1 saturated heterocycles. The van der Waals surface area contributed by atoms with E-state index in [9.17, 15) is 4.79 Å². The number of carbonyl (C=O) groups excluding carboxylic acids is 1. The van der Waals surface area contributed by atoms with E-state index in [0.29, 0.717) is 17.8 Å². The lowest BCUT2D eigenvalue weighted by Crippen LogP contribution is -2.32. The monoisotopic (exact) mass is 278 g/mol. The van der Waals surface area contributed by atoms with Crippen molar-refractivity contribution < 1.29 is 4.79 Å². The van der Waals surface area contributed by atoms with Gasteiger partial charge in [0.2, 0.25) is 29.7 Å². The van der Waals surface area contributed by atoms with E-state index >= 15 is 0 Å². The van der Waals surface area contributed by atoms with Gasteiger partial charge in [0.25, 0.3) is 0 Å². The van der Waals surface area contributed by atoms with Crippen molar-refractivity contribution in [2.75, 3.05) is 56.5 Å². The summed E-state index contributed by atoms with van der Waals surface area (Å²) in [4.78, 5) is 30.8. The zero-order chi connectivity index (χ0) is 15.0. The van der Waals surface area contributed by atoms with E-state index in [4.69, 9.17) is 5.41 Å². The van der Waals surface area contributed by atoms with Gasteiger partial charge in [0.15, 0.2) is 0 Å². The topological polar surface area (TPSA) is 92.6 Å². The summed E-state index contributed by atoms with van der Waals surface area (Å²) in [5.74, 6) is 1.17. The molecule has 9 nitrogen and oxygen atoms in total. The predicted molar refractivity (Wildman–Crippen MR) is 76.3 cm³/mol. The van der Waals surface area contributed by atoms with Crippen LogP contribution in [0.3, 0.4) is 0 Å². The highest BCUT2D eigenvalue weighted by atomic mass is 16.2. The summed E-state index contributed by atoms with van der Waals surface area (Å²) in [7, 11) is 8.86. The van der Waals surface area contributed by atoms with Gasteiger partial charge in [-0.05, 0) is 0 Å². The fraction of sp³-hybridized carbons (Fsp3) is 0.545.